The smallest absolute Gasteiger partial charge is 0.360 e. The third kappa shape index (κ3) is 2.52. The lowest BCUT2D eigenvalue weighted by atomic mass is 10.3. The van der Waals surface area contributed by atoms with E-state index in [1.54, 1.807) is 6.92 Å². The largest absolute Gasteiger partial charge is 0.461 e. The maximum atomic E-state index is 11.7. The van der Waals surface area contributed by atoms with Crippen LogP contribution in [0.5, 0.6) is 0 Å². The van der Waals surface area contributed by atoms with Gasteiger partial charge in [-0.05, 0) is 13.8 Å². The topological polar surface area (TPSA) is 114 Å². The van der Waals surface area contributed by atoms with E-state index < -0.39 is 5.97 Å². The van der Waals surface area contributed by atoms with Crippen LogP contribution in [0, 0.1) is 6.92 Å². The van der Waals surface area contributed by atoms with Crippen LogP contribution in [0.2, 0.25) is 0 Å². The number of hydrogen-bond acceptors (Lipinski definition) is 7. The molecule has 9 heteroatoms. The van der Waals surface area contributed by atoms with E-state index in [-0.39, 0.29) is 18.8 Å². The van der Waals surface area contributed by atoms with Gasteiger partial charge in [0.25, 0.3) is 0 Å². The molecule has 0 aromatic carbocycles. The van der Waals surface area contributed by atoms with Crippen molar-refractivity contribution in [2.24, 2.45) is 12.8 Å². The van der Waals surface area contributed by atoms with Crippen LogP contribution in [0.1, 0.15) is 34.8 Å². The number of carbonyl (C=O) groups excluding carboxylic acids is 1. The molecule has 0 aliphatic heterocycles. The van der Waals surface area contributed by atoms with Crippen molar-refractivity contribution in [3.05, 3.63) is 23.0 Å². The van der Waals surface area contributed by atoms with Gasteiger partial charge in [-0.3, -0.25) is 0 Å². The van der Waals surface area contributed by atoms with Gasteiger partial charge in [-0.2, -0.15) is 0 Å². The van der Waals surface area contributed by atoms with Crippen LogP contribution >= 0.6 is 0 Å². The number of carbonyl (C=O) groups is 1. The van der Waals surface area contributed by atoms with Crippen LogP contribution in [0.15, 0.2) is 0 Å². The summed E-state index contributed by atoms with van der Waals surface area (Å²) in [7, 11) is 1.86. The molecule has 2 rings (SSSR count). The number of rotatable bonds is 5. The predicted molar refractivity (Wildman–Crippen MR) is 68.7 cm³/mol. The SMILES string of the molecule is CCOC(=O)c1nnn(Cc2nnc(C)n2C)c1CN. The molecule has 0 unspecified atom stereocenters. The highest BCUT2D eigenvalue weighted by atomic mass is 16.5. The van der Waals surface area contributed by atoms with Gasteiger partial charge in [-0.1, -0.05) is 5.21 Å². The maximum absolute atomic E-state index is 11.7. The Morgan fingerprint density at radius 1 is 1.35 bits per heavy atom. The first-order valence-electron chi connectivity index (χ1n) is 6.22. The minimum Gasteiger partial charge on any atom is -0.461 e. The second-order valence-electron chi connectivity index (χ2n) is 4.19. The summed E-state index contributed by atoms with van der Waals surface area (Å²) in [6, 6.07) is 0. The number of ether oxygens (including phenoxy) is 1. The van der Waals surface area contributed by atoms with Crippen LogP contribution in [0.4, 0.5) is 0 Å². The van der Waals surface area contributed by atoms with Gasteiger partial charge in [0.2, 0.25) is 0 Å². The summed E-state index contributed by atoms with van der Waals surface area (Å²) in [6.45, 7) is 4.34. The second kappa shape index (κ2) is 5.78. The molecule has 0 saturated heterocycles. The lowest BCUT2D eigenvalue weighted by Crippen LogP contribution is -2.16. The van der Waals surface area contributed by atoms with Crippen molar-refractivity contribution < 1.29 is 9.53 Å². The molecule has 2 heterocycles. The summed E-state index contributed by atoms with van der Waals surface area (Å²) in [5.41, 5.74) is 6.34. The number of aryl methyl sites for hydroxylation is 1. The Kier molecular flexibility index (Phi) is 4.08. The van der Waals surface area contributed by atoms with E-state index in [9.17, 15) is 4.79 Å². The molecule has 0 bridgehead atoms. The van der Waals surface area contributed by atoms with Gasteiger partial charge in [0, 0.05) is 13.6 Å². The molecule has 0 radical (unpaired) electrons. The normalized spacial score (nSPS) is 10.8. The van der Waals surface area contributed by atoms with Crippen molar-refractivity contribution in [2.75, 3.05) is 6.61 Å². The Balaban J connectivity index is 2.29. The molecule has 20 heavy (non-hydrogen) atoms. The first-order chi connectivity index (χ1) is 9.58. The average molecular weight is 279 g/mol. The molecule has 0 saturated carbocycles. The number of aromatic nitrogens is 6. The second-order valence-corrected chi connectivity index (χ2v) is 4.19. The van der Waals surface area contributed by atoms with Gasteiger partial charge in [0.1, 0.15) is 12.4 Å². The predicted octanol–water partition coefficient (Wildman–Crippen LogP) is -0.601. The molecule has 2 N–H and O–H groups in total. The number of nitrogens with zero attached hydrogens (tertiary/aromatic N) is 6. The van der Waals surface area contributed by atoms with E-state index >= 15 is 0 Å². The van der Waals surface area contributed by atoms with Crippen LogP contribution in [-0.2, 0) is 24.9 Å². The molecule has 0 fully saturated rings. The first-order valence-corrected chi connectivity index (χ1v) is 6.22. The van der Waals surface area contributed by atoms with Crippen LogP contribution < -0.4 is 5.73 Å². The Bertz CT molecular complexity index is 616. The third-order valence-electron chi connectivity index (χ3n) is 2.97. The van der Waals surface area contributed by atoms with E-state index in [4.69, 9.17) is 10.5 Å². The van der Waals surface area contributed by atoms with Crippen molar-refractivity contribution in [1.29, 1.82) is 0 Å². The Hall–Kier alpha value is -2.29. The Morgan fingerprint density at radius 3 is 2.65 bits per heavy atom. The quantitative estimate of drug-likeness (QED) is 0.727. The lowest BCUT2D eigenvalue weighted by molar-refractivity contribution is 0.0518. The standard InChI is InChI=1S/C11H17N7O2/c1-4-20-11(19)10-8(5-12)18(16-15-10)6-9-14-13-7(2)17(9)3/h4-6,12H2,1-3H3. The summed E-state index contributed by atoms with van der Waals surface area (Å²) in [4.78, 5) is 11.7. The molecule has 0 amide bonds. The molecule has 9 nitrogen and oxygen atoms in total. The summed E-state index contributed by atoms with van der Waals surface area (Å²) in [5, 5.41) is 15.8. The van der Waals surface area contributed by atoms with E-state index in [2.05, 4.69) is 20.5 Å². The van der Waals surface area contributed by atoms with Crippen molar-refractivity contribution >= 4 is 5.97 Å². The highest BCUT2D eigenvalue weighted by Gasteiger charge is 2.20. The molecular weight excluding hydrogens is 262 g/mol. The van der Waals surface area contributed by atoms with Crippen molar-refractivity contribution in [1.82, 2.24) is 29.8 Å². The minimum atomic E-state index is -0.520. The van der Waals surface area contributed by atoms with Gasteiger partial charge in [0.05, 0.1) is 12.3 Å². The van der Waals surface area contributed by atoms with Gasteiger partial charge in [0.15, 0.2) is 11.5 Å². The molecule has 2 aromatic heterocycles. The maximum Gasteiger partial charge on any atom is 0.360 e. The number of nitrogens with two attached hydrogens (primary N) is 1. The zero-order chi connectivity index (χ0) is 14.7. The van der Waals surface area contributed by atoms with E-state index in [0.29, 0.717) is 18.1 Å². The average Bonchev–Trinajstić information content (AvgIpc) is 2.97. The van der Waals surface area contributed by atoms with E-state index in [0.717, 1.165) is 5.82 Å². The van der Waals surface area contributed by atoms with Crippen LogP contribution in [-0.4, -0.2) is 42.3 Å². The molecule has 0 aliphatic rings. The molecule has 0 aliphatic carbocycles. The summed E-state index contributed by atoms with van der Waals surface area (Å²) < 4.78 is 8.30. The van der Waals surface area contributed by atoms with Crippen molar-refractivity contribution in [3.63, 3.8) is 0 Å². The summed E-state index contributed by atoms with van der Waals surface area (Å²) in [5.74, 6) is 0.978. The Labute approximate surface area is 115 Å². The van der Waals surface area contributed by atoms with Crippen LogP contribution in [0.25, 0.3) is 0 Å². The molecule has 0 spiro atoms. The minimum absolute atomic E-state index is 0.137. The van der Waals surface area contributed by atoms with Crippen molar-refractivity contribution in [2.45, 2.75) is 26.9 Å². The van der Waals surface area contributed by atoms with Gasteiger partial charge >= 0.3 is 5.97 Å². The Morgan fingerprint density at radius 2 is 2.10 bits per heavy atom. The molecule has 2 aromatic rings. The van der Waals surface area contributed by atoms with Crippen molar-refractivity contribution in [3.8, 4) is 0 Å². The summed E-state index contributed by atoms with van der Waals surface area (Å²) >= 11 is 0. The molecular formula is C11H17N7O2. The summed E-state index contributed by atoms with van der Waals surface area (Å²) in [6.07, 6.45) is 0. The lowest BCUT2D eigenvalue weighted by Gasteiger charge is -2.05. The van der Waals surface area contributed by atoms with Gasteiger partial charge in [-0.25, -0.2) is 9.48 Å². The molecule has 108 valence electrons. The monoisotopic (exact) mass is 279 g/mol. The zero-order valence-corrected chi connectivity index (χ0v) is 11.7. The zero-order valence-electron chi connectivity index (χ0n) is 11.7. The van der Waals surface area contributed by atoms with Gasteiger partial charge < -0.3 is 15.0 Å². The third-order valence-corrected chi connectivity index (χ3v) is 2.97. The number of esters is 1. The van der Waals surface area contributed by atoms with E-state index in [1.807, 2.05) is 18.5 Å². The first kappa shape index (κ1) is 14.1. The van der Waals surface area contributed by atoms with Gasteiger partial charge in [-0.15, -0.1) is 15.3 Å². The highest BCUT2D eigenvalue weighted by molar-refractivity contribution is 5.88. The molecule has 0 atom stereocenters. The highest BCUT2D eigenvalue weighted by Crippen LogP contribution is 2.09. The van der Waals surface area contributed by atoms with Crippen LogP contribution in [0.3, 0.4) is 0 Å². The van der Waals surface area contributed by atoms with E-state index in [1.165, 1.54) is 4.68 Å². The number of hydrogen-bond donors (Lipinski definition) is 1. The fourth-order valence-corrected chi connectivity index (χ4v) is 1.74. The fourth-order valence-electron chi connectivity index (χ4n) is 1.74. The fraction of sp³-hybridized carbons (Fsp3) is 0.545.